The molecule has 0 saturated heterocycles. The molecule has 3 aromatic carbocycles. The van der Waals surface area contributed by atoms with Crippen LogP contribution < -0.4 is 15.5 Å². The summed E-state index contributed by atoms with van der Waals surface area (Å²) in [6.07, 6.45) is 1.52. The minimum atomic E-state index is -0.439. The van der Waals surface area contributed by atoms with Gasteiger partial charge in [-0.3, -0.25) is 4.79 Å². The fraction of sp³-hybridized carbons (Fsp3) is 0.0870. The lowest BCUT2D eigenvalue weighted by atomic mass is 10.2. The third-order valence-corrected chi connectivity index (χ3v) is 4.52. The molecule has 0 spiro atoms. The molecule has 3 aromatic rings. The van der Waals surface area contributed by atoms with Gasteiger partial charge in [-0.2, -0.15) is 5.10 Å². The second-order valence-electron chi connectivity index (χ2n) is 6.49. The van der Waals surface area contributed by atoms with Gasteiger partial charge in [0, 0.05) is 10.2 Å². The van der Waals surface area contributed by atoms with E-state index >= 15 is 0 Å². The van der Waals surface area contributed by atoms with Crippen molar-refractivity contribution in [1.82, 2.24) is 5.43 Å². The molecule has 0 unspecified atom stereocenters. The van der Waals surface area contributed by atoms with Gasteiger partial charge in [0.2, 0.25) is 0 Å². The van der Waals surface area contributed by atoms with E-state index in [2.05, 4.69) is 31.8 Å². The van der Waals surface area contributed by atoms with Crippen LogP contribution in [0.25, 0.3) is 0 Å². The fourth-order valence-electron chi connectivity index (χ4n) is 2.56. The zero-order chi connectivity index (χ0) is 21.3. The molecule has 0 saturated carbocycles. The maximum absolute atomic E-state index is 12.2. The summed E-state index contributed by atoms with van der Waals surface area (Å²) >= 11 is 3.33. The third kappa shape index (κ3) is 6.56. The van der Waals surface area contributed by atoms with Crippen molar-refractivity contribution in [3.8, 4) is 5.75 Å². The van der Waals surface area contributed by atoms with Gasteiger partial charge in [-0.15, -0.1) is 0 Å². The number of anilines is 1. The van der Waals surface area contributed by atoms with Crippen LogP contribution >= 0.6 is 15.9 Å². The van der Waals surface area contributed by atoms with Crippen LogP contribution in [0.15, 0.2) is 82.4 Å². The quantitative estimate of drug-likeness (QED) is 0.232. The van der Waals surface area contributed by atoms with Crippen molar-refractivity contribution < 1.29 is 14.3 Å². The van der Waals surface area contributed by atoms with Gasteiger partial charge in [-0.25, -0.2) is 10.2 Å². The summed E-state index contributed by atoms with van der Waals surface area (Å²) in [7, 11) is 0. The summed E-state index contributed by atoms with van der Waals surface area (Å²) in [6, 6.07) is 21.6. The Labute approximate surface area is 183 Å². The van der Waals surface area contributed by atoms with Crippen LogP contribution in [0.2, 0.25) is 0 Å². The minimum absolute atomic E-state index is 0.116. The van der Waals surface area contributed by atoms with Gasteiger partial charge >= 0.3 is 5.97 Å². The van der Waals surface area contributed by atoms with Crippen LogP contribution in [0, 0.1) is 6.92 Å². The number of carbonyl (C=O) groups is 2. The Morgan fingerprint density at radius 1 is 1.03 bits per heavy atom. The topological polar surface area (TPSA) is 79.8 Å². The summed E-state index contributed by atoms with van der Waals surface area (Å²) in [6.45, 7) is 2.10. The molecule has 2 N–H and O–H groups in total. The van der Waals surface area contributed by atoms with Crippen molar-refractivity contribution in [1.29, 1.82) is 0 Å². The summed E-state index contributed by atoms with van der Waals surface area (Å²) in [4.78, 5) is 24.0. The number of ether oxygens (including phenoxy) is 1. The molecule has 3 rings (SSSR count). The molecular weight excluding hydrogens is 446 g/mol. The van der Waals surface area contributed by atoms with Gasteiger partial charge in [-0.1, -0.05) is 34.1 Å². The normalized spacial score (nSPS) is 10.6. The molecule has 0 fully saturated rings. The predicted octanol–water partition coefficient (Wildman–Crippen LogP) is 4.54. The molecule has 0 radical (unpaired) electrons. The Bertz CT molecular complexity index is 1070. The van der Waals surface area contributed by atoms with Crippen molar-refractivity contribution in [2.45, 2.75) is 6.92 Å². The smallest absolute Gasteiger partial charge is 0.343 e. The van der Waals surface area contributed by atoms with Gasteiger partial charge in [-0.05, 0) is 72.6 Å². The van der Waals surface area contributed by atoms with Gasteiger partial charge in [0.25, 0.3) is 5.91 Å². The highest BCUT2D eigenvalue weighted by Crippen LogP contribution is 2.16. The monoisotopic (exact) mass is 465 g/mol. The Morgan fingerprint density at radius 3 is 2.53 bits per heavy atom. The first kappa shape index (κ1) is 21.3. The highest BCUT2D eigenvalue weighted by atomic mass is 79.9. The number of esters is 1. The SMILES string of the molecule is Cc1cccc(NCC(=O)N/N=C/c2ccc(OC(=O)c3cccc(Br)c3)cc2)c1. The van der Waals surface area contributed by atoms with Crippen LogP contribution in [-0.2, 0) is 4.79 Å². The summed E-state index contributed by atoms with van der Waals surface area (Å²) < 4.78 is 6.16. The lowest BCUT2D eigenvalue weighted by molar-refractivity contribution is -0.119. The number of halogens is 1. The molecule has 1 amide bonds. The van der Waals surface area contributed by atoms with Gasteiger partial charge in [0.05, 0.1) is 18.3 Å². The highest BCUT2D eigenvalue weighted by Gasteiger charge is 2.08. The Balaban J connectivity index is 1.47. The van der Waals surface area contributed by atoms with E-state index in [-0.39, 0.29) is 12.5 Å². The van der Waals surface area contributed by atoms with Crippen LogP contribution in [0.3, 0.4) is 0 Å². The van der Waals surface area contributed by atoms with Crippen molar-refractivity contribution >= 4 is 39.7 Å². The number of hydrogen-bond acceptors (Lipinski definition) is 5. The lowest BCUT2D eigenvalue weighted by Gasteiger charge is -2.06. The van der Waals surface area contributed by atoms with E-state index in [9.17, 15) is 9.59 Å². The van der Waals surface area contributed by atoms with Crippen molar-refractivity contribution in [3.63, 3.8) is 0 Å². The molecule has 30 heavy (non-hydrogen) atoms. The molecule has 0 aliphatic rings. The molecule has 0 aliphatic carbocycles. The van der Waals surface area contributed by atoms with E-state index in [0.717, 1.165) is 21.3 Å². The van der Waals surface area contributed by atoms with Crippen LogP contribution in [0.5, 0.6) is 5.75 Å². The molecule has 0 heterocycles. The number of aryl methyl sites for hydroxylation is 1. The summed E-state index contributed by atoms with van der Waals surface area (Å²) in [5, 5.41) is 6.98. The van der Waals surface area contributed by atoms with E-state index in [1.54, 1.807) is 42.5 Å². The molecule has 6 nitrogen and oxygen atoms in total. The van der Waals surface area contributed by atoms with Crippen molar-refractivity contribution in [2.24, 2.45) is 5.10 Å². The van der Waals surface area contributed by atoms with Crippen LogP contribution in [0.4, 0.5) is 5.69 Å². The number of carbonyl (C=O) groups excluding carboxylic acids is 2. The number of hydrazone groups is 1. The zero-order valence-corrected chi connectivity index (χ0v) is 17.8. The Morgan fingerprint density at radius 2 is 1.80 bits per heavy atom. The van der Waals surface area contributed by atoms with Gasteiger partial charge in [0.1, 0.15) is 5.75 Å². The van der Waals surface area contributed by atoms with E-state index in [1.165, 1.54) is 6.21 Å². The zero-order valence-electron chi connectivity index (χ0n) is 16.3. The first-order chi connectivity index (χ1) is 14.5. The summed E-state index contributed by atoms with van der Waals surface area (Å²) in [5.74, 6) is -0.276. The van der Waals surface area contributed by atoms with Gasteiger partial charge < -0.3 is 10.1 Å². The number of rotatable bonds is 7. The van der Waals surface area contributed by atoms with Crippen molar-refractivity contribution in [3.05, 3.63) is 94.0 Å². The molecule has 0 atom stereocenters. The first-order valence-corrected chi connectivity index (χ1v) is 9.99. The molecular formula is C23H20BrN3O3. The number of amides is 1. The molecule has 0 aromatic heterocycles. The fourth-order valence-corrected chi connectivity index (χ4v) is 2.96. The Hall–Kier alpha value is -3.45. The average Bonchev–Trinajstić information content (AvgIpc) is 2.73. The number of hydrogen-bond donors (Lipinski definition) is 2. The maximum atomic E-state index is 12.2. The third-order valence-electron chi connectivity index (χ3n) is 4.02. The molecule has 7 heteroatoms. The van der Waals surface area contributed by atoms with E-state index in [0.29, 0.717) is 11.3 Å². The maximum Gasteiger partial charge on any atom is 0.343 e. The largest absolute Gasteiger partial charge is 0.423 e. The van der Waals surface area contributed by atoms with E-state index in [1.807, 2.05) is 37.3 Å². The molecule has 0 aliphatic heterocycles. The number of nitrogens with one attached hydrogen (secondary N) is 2. The molecule has 0 bridgehead atoms. The summed E-state index contributed by atoms with van der Waals surface area (Å²) in [5.41, 5.74) is 5.67. The first-order valence-electron chi connectivity index (χ1n) is 9.20. The second-order valence-corrected chi connectivity index (χ2v) is 7.40. The average molecular weight is 466 g/mol. The predicted molar refractivity (Wildman–Crippen MR) is 121 cm³/mol. The van der Waals surface area contributed by atoms with Crippen molar-refractivity contribution in [2.75, 3.05) is 11.9 Å². The van der Waals surface area contributed by atoms with Crippen LogP contribution in [0.1, 0.15) is 21.5 Å². The van der Waals surface area contributed by atoms with E-state index in [4.69, 9.17) is 4.74 Å². The minimum Gasteiger partial charge on any atom is -0.423 e. The van der Waals surface area contributed by atoms with E-state index < -0.39 is 5.97 Å². The highest BCUT2D eigenvalue weighted by molar-refractivity contribution is 9.10. The second kappa shape index (κ2) is 10.4. The van der Waals surface area contributed by atoms with Crippen LogP contribution in [-0.4, -0.2) is 24.6 Å². The number of nitrogens with zero attached hydrogens (tertiary/aromatic N) is 1. The Kier molecular flexibility index (Phi) is 7.34. The van der Waals surface area contributed by atoms with Gasteiger partial charge in [0.15, 0.2) is 0 Å². The molecule has 152 valence electrons. The lowest BCUT2D eigenvalue weighted by Crippen LogP contribution is -2.25. The standard InChI is InChI=1S/C23H20BrN3O3/c1-16-4-2-7-20(12-16)25-15-22(28)27-26-14-17-8-10-21(11-9-17)30-23(29)18-5-3-6-19(24)13-18/h2-14,25H,15H2,1H3,(H,27,28)/b26-14+. The number of benzene rings is 3.